The van der Waals surface area contributed by atoms with Crippen molar-refractivity contribution in [2.24, 2.45) is 17.6 Å². The number of ether oxygens (including phenoxy) is 2. The van der Waals surface area contributed by atoms with E-state index in [4.69, 9.17) is 15.2 Å². The summed E-state index contributed by atoms with van der Waals surface area (Å²) in [5, 5.41) is 0. The fourth-order valence-corrected chi connectivity index (χ4v) is 3.29. The fraction of sp³-hybridized carbons (Fsp3) is 1.00. The van der Waals surface area contributed by atoms with Gasteiger partial charge in [0.05, 0.1) is 12.1 Å². The second kappa shape index (κ2) is 6.33. The van der Waals surface area contributed by atoms with Gasteiger partial charge in [-0.2, -0.15) is 0 Å². The van der Waals surface area contributed by atoms with Crippen LogP contribution in [0.1, 0.15) is 25.7 Å². The molecule has 0 spiro atoms. The number of rotatable bonds is 7. The highest BCUT2D eigenvalue weighted by Crippen LogP contribution is 2.43. The van der Waals surface area contributed by atoms with E-state index in [0.29, 0.717) is 6.54 Å². The van der Waals surface area contributed by atoms with Crippen LogP contribution in [-0.2, 0) is 9.47 Å². The Hall–Kier alpha value is -0.160. The molecule has 1 unspecified atom stereocenters. The molecule has 4 nitrogen and oxygen atoms in total. The van der Waals surface area contributed by atoms with Gasteiger partial charge >= 0.3 is 0 Å². The molecule has 0 aromatic heterocycles. The van der Waals surface area contributed by atoms with E-state index < -0.39 is 0 Å². The summed E-state index contributed by atoms with van der Waals surface area (Å²) in [4.78, 5) is 2.48. The maximum absolute atomic E-state index is 6.09. The Morgan fingerprint density at radius 3 is 2.44 bits per heavy atom. The summed E-state index contributed by atoms with van der Waals surface area (Å²) in [6.45, 7) is 4.42. The summed E-state index contributed by atoms with van der Waals surface area (Å²) in [6.07, 6.45) is 4.97. The summed E-state index contributed by atoms with van der Waals surface area (Å²) in [5.74, 6) is 1.48. The molecule has 1 saturated heterocycles. The predicted molar refractivity (Wildman–Crippen MR) is 72.6 cm³/mol. The Balaban J connectivity index is 1.95. The van der Waals surface area contributed by atoms with E-state index in [-0.39, 0.29) is 5.54 Å². The predicted octanol–water partition coefficient (Wildman–Crippen LogP) is 1.10. The standard InChI is InChI=1S/C14H28N2O2/c1-16(9-12-5-7-18-8-6-12)14(10-15,11-17-2)13-3-4-13/h12-13H,3-11,15H2,1-2H3. The zero-order valence-electron chi connectivity index (χ0n) is 11.9. The smallest absolute Gasteiger partial charge is 0.0661 e. The van der Waals surface area contributed by atoms with Crippen molar-refractivity contribution in [3.8, 4) is 0 Å². The lowest BCUT2D eigenvalue weighted by Gasteiger charge is -2.43. The van der Waals surface area contributed by atoms with Crippen LogP contribution in [0.2, 0.25) is 0 Å². The number of methoxy groups -OCH3 is 1. The Morgan fingerprint density at radius 2 is 1.94 bits per heavy atom. The minimum atomic E-state index is 0.0626. The van der Waals surface area contributed by atoms with E-state index in [9.17, 15) is 0 Å². The molecule has 18 heavy (non-hydrogen) atoms. The average molecular weight is 256 g/mol. The van der Waals surface area contributed by atoms with Crippen LogP contribution in [0.25, 0.3) is 0 Å². The fourth-order valence-electron chi connectivity index (χ4n) is 3.29. The van der Waals surface area contributed by atoms with Crippen LogP contribution >= 0.6 is 0 Å². The summed E-state index contributed by atoms with van der Waals surface area (Å²) in [5.41, 5.74) is 6.16. The van der Waals surface area contributed by atoms with E-state index in [1.807, 2.05) is 0 Å². The van der Waals surface area contributed by atoms with Gasteiger partial charge in [0.2, 0.25) is 0 Å². The third-order valence-electron chi connectivity index (χ3n) is 4.72. The summed E-state index contributed by atoms with van der Waals surface area (Å²) in [7, 11) is 4.01. The Bertz CT molecular complexity index is 252. The molecule has 0 aromatic carbocycles. The van der Waals surface area contributed by atoms with Gasteiger partial charge < -0.3 is 15.2 Å². The average Bonchev–Trinajstić information content (AvgIpc) is 3.21. The summed E-state index contributed by atoms with van der Waals surface area (Å²) < 4.78 is 10.9. The first-order valence-corrected chi connectivity index (χ1v) is 7.21. The maximum Gasteiger partial charge on any atom is 0.0661 e. The molecule has 0 aromatic rings. The quantitative estimate of drug-likeness (QED) is 0.741. The van der Waals surface area contributed by atoms with Crippen LogP contribution in [0.4, 0.5) is 0 Å². The van der Waals surface area contributed by atoms with Crippen LogP contribution in [0, 0.1) is 11.8 Å². The van der Waals surface area contributed by atoms with E-state index >= 15 is 0 Å². The van der Waals surface area contributed by atoms with Crippen molar-refractivity contribution in [1.29, 1.82) is 0 Å². The topological polar surface area (TPSA) is 47.7 Å². The Labute approximate surface area is 111 Å². The van der Waals surface area contributed by atoms with Gasteiger partial charge in [0, 0.05) is 33.4 Å². The second-order valence-electron chi connectivity index (χ2n) is 5.95. The van der Waals surface area contributed by atoms with Crippen LogP contribution in [0.15, 0.2) is 0 Å². The van der Waals surface area contributed by atoms with Gasteiger partial charge in [-0.3, -0.25) is 4.90 Å². The van der Waals surface area contributed by atoms with Crippen molar-refractivity contribution in [1.82, 2.24) is 4.90 Å². The lowest BCUT2D eigenvalue weighted by molar-refractivity contribution is -0.00962. The highest BCUT2D eigenvalue weighted by atomic mass is 16.5. The van der Waals surface area contributed by atoms with Crippen LogP contribution in [0.5, 0.6) is 0 Å². The molecule has 1 aliphatic heterocycles. The number of nitrogens with two attached hydrogens (primary N) is 1. The van der Waals surface area contributed by atoms with Gasteiger partial charge in [0.1, 0.15) is 0 Å². The summed E-state index contributed by atoms with van der Waals surface area (Å²) in [6, 6.07) is 0. The Kier molecular flexibility index (Phi) is 5.01. The number of hydrogen-bond acceptors (Lipinski definition) is 4. The van der Waals surface area contributed by atoms with Gasteiger partial charge in [0.15, 0.2) is 0 Å². The monoisotopic (exact) mass is 256 g/mol. The van der Waals surface area contributed by atoms with Crippen molar-refractivity contribution in [3.05, 3.63) is 0 Å². The molecule has 0 radical (unpaired) electrons. The molecule has 1 saturated carbocycles. The molecule has 0 amide bonds. The molecule has 2 aliphatic rings. The second-order valence-corrected chi connectivity index (χ2v) is 5.95. The minimum Gasteiger partial charge on any atom is -0.383 e. The zero-order chi connectivity index (χ0) is 13.0. The third kappa shape index (κ3) is 3.05. The van der Waals surface area contributed by atoms with Crippen molar-refractivity contribution in [2.75, 3.05) is 47.1 Å². The van der Waals surface area contributed by atoms with E-state index in [1.165, 1.54) is 25.7 Å². The Morgan fingerprint density at radius 1 is 1.28 bits per heavy atom. The molecule has 2 N–H and O–H groups in total. The molecule has 2 rings (SSSR count). The van der Waals surface area contributed by atoms with E-state index in [0.717, 1.165) is 38.2 Å². The lowest BCUT2D eigenvalue weighted by Crippen LogP contribution is -2.58. The maximum atomic E-state index is 6.09. The molecule has 2 fully saturated rings. The molecule has 1 heterocycles. The first kappa shape index (κ1) is 14.3. The molecule has 4 heteroatoms. The largest absolute Gasteiger partial charge is 0.383 e. The van der Waals surface area contributed by atoms with E-state index in [1.54, 1.807) is 7.11 Å². The highest BCUT2D eigenvalue weighted by Gasteiger charge is 2.47. The number of likely N-dealkylation sites (N-methyl/N-ethyl adjacent to an activating group) is 1. The molecular formula is C14H28N2O2. The molecule has 106 valence electrons. The number of nitrogens with zero attached hydrogens (tertiary/aromatic N) is 1. The van der Waals surface area contributed by atoms with Gasteiger partial charge in [0.25, 0.3) is 0 Å². The van der Waals surface area contributed by atoms with E-state index in [2.05, 4.69) is 11.9 Å². The SMILES string of the molecule is COCC(CN)(C1CC1)N(C)CC1CCOCC1. The van der Waals surface area contributed by atoms with Crippen molar-refractivity contribution in [2.45, 2.75) is 31.2 Å². The van der Waals surface area contributed by atoms with Crippen molar-refractivity contribution < 1.29 is 9.47 Å². The van der Waals surface area contributed by atoms with Gasteiger partial charge in [-0.25, -0.2) is 0 Å². The normalized spacial score (nSPS) is 25.3. The first-order valence-electron chi connectivity index (χ1n) is 7.21. The number of hydrogen-bond donors (Lipinski definition) is 1. The molecular weight excluding hydrogens is 228 g/mol. The lowest BCUT2D eigenvalue weighted by atomic mass is 9.89. The van der Waals surface area contributed by atoms with Crippen molar-refractivity contribution in [3.63, 3.8) is 0 Å². The molecule has 0 bridgehead atoms. The highest BCUT2D eigenvalue weighted by molar-refractivity contribution is 5.03. The first-order chi connectivity index (χ1) is 8.73. The van der Waals surface area contributed by atoms with Gasteiger partial charge in [-0.05, 0) is 44.6 Å². The van der Waals surface area contributed by atoms with Gasteiger partial charge in [-0.1, -0.05) is 0 Å². The van der Waals surface area contributed by atoms with Crippen LogP contribution in [0.3, 0.4) is 0 Å². The van der Waals surface area contributed by atoms with Crippen molar-refractivity contribution >= 4 is 0 Å². The third-order valence-corrected chi connectivity index (χ3v) is 4.72. The van der Waals surface area contributed by atoms with Crippen LogP contribution < -0.4 is 5.73 Å². The summed E-state index contributed by atoms with van der Waals surface area (Å²) >= 11 is 0. The molecule has 1 aliphatic carbocycles. The molecule has 1 atom stereocenters. The van der Waals surface area contributed by atoms with Crippen LogP contribution in [-0.4, -0.2) is 57.5 Å². The minimum absolute atomic E-state index is 0.0626. The van der Waals surface area contributed by atoms with Gasteiger partial charge in [-0.15, -0.1) is 0 Å². The zero-order valence-corrected chi connectivity index (χ0v) is 11.9.